The van der Waals surface area contributed by atoms with E-state index < -0.39 is 5.41 Å². The van der Waals surface area contributed by atoms with Gasteiger partial charge in [0.1, 0.15) is 17.3 Å². The van der Waals surface area contributed by atoms with E-state index in [0.717, 1.165) is 63.4 Å². The number of aromatic nitrogens is 3. The molecular weight excluding hydrogens is 731 g/mol. The van der Waals surface area contributed by atoms with Gasteiger partial charge in [0.05, 0.1) is 5.41 Å². The van der Waals surface area contributed by atoms with E-state index in [9.17, 15) is 0 Å². The average molecular weight is 774 g/mol. The smallest absolute Gasteiger partial charge is 0.163 e. The molecule has 3 unspecified atom stereocenters. The molecule has 3 bridgehead atoms. The standard InChI is InChI=1S/C56H43N3O/c1-2-10-36(11-3-1)37-18-22-39(23-19-37)52-57-53(59-54(58-52)55-29-28-42-30-35(33-55)31-43(42)34-55)40-24-20-38(21-25-40)41-26-27-45-44-12-4-5-13-46(44)56(49(45)32-41)47-14-6-8-16-50(47)60-51-17-9-7-15-48(51)56/h1-27,32,35,42-43H,28-31,33-34H2/t35-,42?,43?,55?/m1/s1. The number of rotatable bonds is 5. The number of nitrogens with zero attached hydrogens (tertiary/aromatic N) is 3. The van der Waals surface area contributed by atoms with Gasteiger partial charge in [0.25, 0.3) is 0 Å². The average Bonchev–Trinajstić information content (AvgIpc) is 3.72. The molecule has 7 aromatic carbocycles. The van der Waals surface area contributed by atoms with Crippen LogP contribution in [0.4, 0.5) is 0 Å². The number of hydrogen-bond donors (Lipinski definition) is 0. The van der Waals surface area contributed by atoms with E-state index in [1.54, 1.807) is 0 Å². The van der Waals surface area contributed by atoms with Crippen LogP contribution < -0.4 is 4.74 Å². The Morgan fingerprint density at radius 1 is 0.433 bits per heavy atom. The van der Waals surface area contributed by atoms with Crippen LogP contribution in [0.2, 0.25) is 0 Å². The van der Waals surface area contributed by atoms with Gasteiger partial charge in [-0.2, -0.15) is 0 Å². The molecule has 8 aromatic rings. The zero-order valence-corrected chi connectivity index (χ0v) is 33.4. The first kappa shape index (κ1) is 34.2. The van der Waals surface area contributed by atoms with Crippen molar-refractivity contribution in [3.05, 3.63) is 198 Å². The highest BCUT2D eigenvalue weighted by atomic mass is 16.5. The summed E-state index contributed by atoms with van der Waals surface area (Å²) in [5.74, 6) is 6.86. The van der Waals surface area contributed by atoms with Crippen LogP contribution in [0, 0.1) is 17.8 Å². The highest BCUT2D eigenvalue weighted by molar-refractivity contribution is 5.90. The molecule has 4 aliphatic carbocycles. The minimum Gasteiger partial charge on any atom is -0.457 e. The quantitative estimate of drug-likeness (QED) is 0.175. The summed E-state index contributed by atoms with van der Waals surface area (Å²) < 4.78 is 6.58. The predicted octanol–water partition coefficient (Wildman–Crippen LogP) is 13.5. The molecule has 4 nitrogen and oxygen atoms in total. The molecule has 1 spiro atoms. The van der Waals surface area contributed by atoms with Gasteiger partial charge in [-0.3, -0.25) is 0 Å². The molecule has 1 aromatic heterocycles. The molecule has 3 saturated carbocycles. The highest BCUT2D eigenvalue weighted by Gasteiger charge is 2.54. The summed E-state index contributed by atoms with van der Waals surface area (Å²) in [6.45, 7) is 0. The van der Waals surface area contributed by atoms with Crippen LogP contribution in [0.15, 0.2) is 170 Å². The van der Waals surface area contributed by atoms with Gasteiger partial charge < -0.3 is 4.74 Å². The molecule has 1 aliphatic heterocycles. The summed E-state index contributed by atoms with van der Waals surface area (Å²) in [6, 6.07) is 61.3. The second-order valence-corrected chi connectivity index (χ2v) is 18.1. The molecule has 3 fully saturated rings. The number of fused-ring (bicyclic) bond motifs is 11. The molecule has 5 aliphatic rings. The van der Waals surface area contributed by atoms with Crippen molar-refractivity contribution in [2.45, 2.75) is 49.4 Å². The molecule has 13 rings (SSSR count). The second kappa shape index (κ2) is 12.9. The fraction of sp³-hybridized carbons (Fsp3) is 0.196. The Kier molecular flexibility index (Phi) is 7.37. The van der Waals surface area contributed by atoms with Crippen molar-refractivity contribution < 1.29 is 4.74 Å². The Morgan fingerprint density at radius 2 is 0.967 bits per heavy atom. The molecule has 4 atom stereocenters. The van der Waals surface area contributed by atoms with Gasteiger partial charge in [0.15, 0.2) is 11.6 Å². The molecular formula is C56H43N3O. The van der Waals surface area contributed by atoms with Crippen molar-refractivity contribution in [1.29, 1.82) is 0 Å². The zero-order chi connectivity index (χ0) is 39.4. The van der Waals surface area contributed by atoms with Gasteiger partial charge in [-0.25, -0.2) is 15.0 Å². The van der Waals surface area contributed by atoms with Gasteiger partial charge in [0, 0.05) is 27.7 Å². The lowest BCUT2D eigenvalue weighted by atomic mass is 9.61. The summed E-state index contributed by atoms with van der Waals surface area (Å²) in [5, 5.41) is 0. The maximum atomic E-state index is 6.58. The topological polar surface area (TPSA) is 47.9 Å². The van der Waals surface area contributed by atoms with Gasteiger partial charge in [-0.1, -0.05) is 152 Å². The molecule has 0 N–H and O–H groups in total. The number of hydrogen-bond acceptors (Lipinski definition) is 4. The van der Waals surface area contributed by atoms with E-state index in [0.29, 0.717) is 0 Å². The first-order valence-corrected chi connectivity index (χ1v) is 21.8. The number of ether oxygens (including phenoxy) is 1. The highest BCUT2D eigenvalue weighted by Crippen LogP contribution is 2.63. The molecule has 0 radical (unpaired) electrons. The molecule has 288 valence electrons. The van der Waals surface area contributed by atoms with Gasteiger partial charge in [-0.05, 0) is 119 Å². The third kappa shape index (κ3) is 5.00. The lowest BCUT2D eigenvalue weighted by Crippen LogP contribution is -2.39. The first-order chi connectivity index (χ1) is 29.6. The van der Waals surface area contributed by atoms with Crippen LogP contribution in [-0.4, -0.2) is 15.0 Å². The summed E-state index contributed by atoms with van der Waals surface area (Å²) in [4.78, 5) is 16.0. The van der Waals surface area contributed by atoms with E-state index in [4.69, 9.17) is 19.7 Å². The van der Waals surface area contributed by atoms with Crippen LogP contribution in [0.3, 0.4) is 0 Å². The number of benzene rings is 7. The van der Waals surface area contributed by atoms with E-state index in [-0.39, 0.29) is 5.41 Å². The van der Waals surface area contributed by atoms with E-state index in [2.05, 4.69) is 170 Å². The van der Waals surface area contributed by atoms with Crippen molar-refractivity contribution in [3.8, 4) is 67.7 Å². The lowest BCUT2D eigenvalue weighted by molar-refractivity contribution is 0.131. The van der Waals surface area contributed by atoms with Crippen LogP contribution in [0.5, 0.6) is 11.5 Å². The number of para-hydroxylation sites is 2. The van der Waals surface area contributed by atoms with Gasteiger partial charge in [0.2, 0.25) is 0 Å². The minimum absolute atomic E-state index is 0.0380. The first-order valence-electron chi connectivity index (χ1n) is 21.8. The zero-order valence-electron chi connectivity index (χ0n) is 33.4. The fourth-order valence-electron chi connectivity index (χ4n) is 12.4. The van der Waals surface area contributed by atoms with Gasteiger partial charge >= 0.3 is 0 Å². The summed E-state index contributed by atoms with van der Waals surface area (Å²) in [6.07, 6.45) is 7.69. The third-order valence-electron chi connectivity index (χ3n) is 14.9. The van der Waals surface area contributed by atoms with Crippen LogP contribution >= 0.6 is 0 Å². The summed E-state index contributed by atoms with van der Waals surface area (Å²) in [7, 11) is 0. The van der Waals surface area contributed by atoms with Crippen LogP contribution in [-0.2, 0) is 10.8 Å². The minimum atomic E-state index is -0.499. The molecule has 0 amide bonds. The molecule has 60 heavy (non-hydrogen) atoms. The molecule has 0 saturated heterocycles. The van der Waals surface area contributed by atoms with Gasteiger partial charge in [-0.15, -0.1) is 0 Å². The normalized spacial score (nSPS) is 22.1. The van der Waals surface area contributed by atoms with Crippen LogP contribution in [0.25, 0.3) is 56.2 Å². The van der Waals surface area contributed by atoms with E-state index >= 15 is 0 Å². The van der Waals surface area contributed by atoms with Crippen molar-refractivity contribution in [1.82, 2.24) is 15.0 Å². The van der Waals surface area contributed by atoms with Crippen molar-refractivity contribution in [2.75, 3.05) is 0 Å². The van der Waals surface area contributed by atoms with Crippen LogP contribution in [0.1, 0.15) is 66.6 Å². The third-order valence-corrected chi connectivity index (χ3v) is 14.9. The Hall–Kier alpha value is -6.65. The summed E-state index contributed by atoms with van der Waals surface area (Å²) in [5.41, 5.74) is 13.8. The fourth-order valence-corrected chi connectivity index (χ4v) is 12.4. The maximum Gasteiger partial charge on any atom is 0.163 e. The van der Waals surface area contributed by atoms with Crippen molar-refractivity contribution in [3.63, 3.8) is 0 Å². The maximum absolute atomic E-state index is 6.58. The Bertz CT molecular complexity index is 2940. The second-order valence-electron chi connectivity index (χ2n) is 18.1. The summed E-state index contributed by atoms with van der Waals surface area (Å²) >= 11 is 0. The SMILES string of the molecule is c1ccc(-c2ccc(-c3nc(-c4ccc(-c5ccc6c(c5)C5(c7ccccc7Oc7ccccc75)c5ccccc5-6)cc4)nc(C45CCC6C[C@H](CC6C4)C5)n3)cc2)cc1. The Balaban J connectivity index is 0.917. The van der Waals surface area contributed by atoms with E-state index in [1.807, 2.05) is 0 Å². The predicted molar refractivity (Wildman–Crippen MR) is 239 cm³/mol. The molecule has 2 heterocycles. The lowest BCUT2D eigenvalue weighted by Gasteiger charge is -2.44. The Labute approximate surface area is 351 Å². The monoisotopic (exact) mass is 773 g/mol. The largest absolute Gasteiger partial charge is 0.457 e. The van der Waals surface area contributed by atoms with Crippen molar-refractivity contribution >= 4 is 0 Å². The van der Waals surface area contributed by atoms with E-state index in [1.165, 1.54) is 88.6 Å². The van der Waals surface area contributed by atoms with Crippen molar-refractivity contribution in [2.24, 2.45) is 17.8 Å². The molecule has 4 heteroatoms. The Morgan fingerprint density at radius 3 is 1.67 bits per heavy atom.